The van der Waals surface area contributed by atoms with E-state index in [9.17, 15) is 0 Å². The van der Waals surface area contributed by atoms with Gasteiger partial charge in [-0.2, -0.15) is 0 Å². The van der Waals surface area contributed by atoms with Gasteiger partial charge in [-0.05, 0) is 0 Å². The van der Waals surface area contributed by atoms with Gasteiger partial charge in [0.2, 0.25) is 0 Å². The Bertz CT molecular complexity index is 1570. The van der Waals surface area contributed by atoms with E-state index < -0.39 is 6.40 Å². The summed E-state index contributed by atoms with van der Waals surface area (Å²) in [6, 6.07) is 16.9. The van der Waals surface area contributed by atoms with Crippen molar-refractivity contribution in [1.29, 1.82) is 0 Å². The van der Waals surface area contributed by atoms with E-state index >= 15 is 0 Å². The summed E-state index contributed by atoms with van der Waals surface area (Å²) >= 11 is 7.28. The maximum absolute atomic E-state index is 7.28. The summed E-state index contributed by atoms with van der Waals surface area (Å²) in [4.78, 5) is 0. The Labute approximate surface area is 189 Å². The van der Waals surface area contributed by atoms with E-state index in [1.807, 2.05) is 0 Å². The Morgan fingerprint density at radius 2 is 1.31 bits per heavy atom. The van der Waals surface area contributed by atoms with Gasteiger partial charge in [-0.25, -0.2) is 0 Å². The Hall–Kier alpha value is -3.71. The third-order valence-corrected chi connectivity index (χ3v) is 7.44. The Morgan fingerprint density at radius 3 is 2.00 bits per heavy atom. The first-order valence-electron chi connectivity index (χ1n) is 10.9. The van der Waals surface area contributed by atoms with E-state index in [4.69, 9.17) is 11.5 Å². The molecule has 6 nitrogen and oxygen atoms in total. The number of anilines is 4. The number of allylic oxidation sites excluding steroid dienone is 3. The molecule has 3 aliphatic heterocycles. The van der Waals surface area contributed by atoms with E-state index in [-0.39, 0.29) is 12.1 Å². The van der Waals surface area contributed by atoms with Gasteiger partial charge in [0.15, 0.2) is 0 Å². The van der Waals surface area contributed by atoms with Crippen LogP contribution in [0.25, 0.3) is 21.5 Å². The topological polar surface area (TPSA) is 58.0 Å². The number of rotatable bonds is 0. The SMILES string of the molecule is ClB1n2c3c4ccccc4c2Nc2c4ccccc4c(n21)NC1NC(=C2C=CC=CC21)N3. The smallest absolute Gasteiger partial charge is 0.351 e. The van der Waals surface area contributed by atoms with Crippen molar-refractivity contribution in [2.75, 3.05) is 16.0 Å². The zero-order valence-electron chi connectivity index (χ0n) is 16.9. The van der Waals surface area contributed by atoms with Crippen molar-refractivity contribution >= 4 is 62.7 Å². The van der Waals surface area contributed by atoms with Crippen LogP contribution in [-0.2, 0) is 0 Å². The molecule has 8 rings (SSSR count). The molecule has 32 heavy (non-hydrogen) atoms. The normalized spacial score (nSPS) is 21.8. The molecule has 0 amide bonds. The van der Waals surface area contributed by atoms with Gasteiger partial charge in [0, 0.05) is 33.0 Å². The Balaban J connectivity index is 1.51. The minimum absolute atomic E-state index is 0.00847. The van der Waals surface area contributed by atoms with Crippen LogP contribution in [0.5, 0.6) is 0 Å². The average molecular weight is 437 g/mol. The highest BCUT2D eigenvalue weighted by Gasteiger charge is 2.41. The number of benzene rings is 2. The molecule has 0 saturated heterocycles. The molecule has 4 N–H and O–H groups in total. The third kappa shape index (κ3) is 1.93. The van der Waals surface area contributed by atoms with Gasteiger partial charge in [0.05, 0.1) is 0 Å². The fourth-order valence-electron chi connectivity index (χ4n) is 5.65. The van der Waals surface area contributed by atoms with Crippen molar-refractivity contribution in [3.8, 4) is 0 Å². The molecular weight excluding hydrogens is 419 g/mol. The molecule has 4 aliphatic rings. The van der Waals surface area contributed by atoms with Crippen molar-refractivity contribution in [3.63, 3.8) is 0 Å². The summed E-state index contributed by atoms with van der Waals surface area (Å²) < 4.78 is 4.34. The molecule has 5 heterocycles. The quantitative estimate of drug-likeness (QED) is 0.293. The first-order chi connectivity index (χ1) is 15.8. The number of nitrogens with zero attached hydrogens (tertiary/aromatic N) is 2. The first kappa shape index (κ1) is 16.9. The minimum atomic E-state index is -0.428. The lowest BCUT2D eigenvalue weighted by Gasteiger charge is -2.30. The summed E-state index contributed by atoms with van der Waals surface area (Å²) in [5.74, 6) is 5.23. The largest absolute Gasteiger partial charge is 0.499 e. The molecule has 2 aromatic heterocycles. The van der Waals surface area contributed by atoms with Crippen LogP contribution in [0.1, 0.15) is 0 Å². The Kier molecular flexibility index (Phi) is 3.04. The third-order valence-electron chi connectivity index (χ3n) is 7.05. The number of aromatic nitrogens is 2. The highest BCUT2D eigenvalue weighted by atomic mass is 35.5. The van der Waals surface area contributed by atoms with Crippen LogP contribution in [0.4, 0.5) is 23.3 Å². The van der Waals surface area contributed by atoms with Crippen molar-refractivity contribution in [2.45, 2.75) is 6.17 Å². The van der Waals surface area contributed by atoms with E-state index in [1.165, 1.54) is 5.57 Å². The van der Waals surface area contributed by atoms with Gasteiger partial charge in [-0.1, -0.05) is 72.8 Å². The molecule has 154 valence electrons. The number of fused-ring (bicyclic) bond motifs is 10. The maximum atomic E-state index is 7.28. The summed E-state index contributed by atoms with van der Waals surface area (Å²) in [6.45, 7) is 0. The van der Waals surface area contributed by atoms with Crippen LogP contribution >= 0.6 is 11.5 Å². The summed E-state index contributed by atoms with van der Waals surface area (Å²) in [5, 5.41) is 19.5. The lowest BCUT2D eigenvalue weighted by molar-refractivity contribution is 0.591. The van der Waals surface area contributed by atoms with Gasteiger partial charge in [-0.15, -0.1) is 11.5 Å². The highest BCUT2D eigenvalue weighted by Crippen LogP contribution is 2.47. The van der Waals surface area contributed by atoms with Gasteiger partial charge in [-0.3, -0.25) is 0 Å². The van der Waals surface area contributed by atoms with Crippen LogP contribution in [-0.4, -0.2) is 21.5 Å². The molecule has 0 radical (unpaired) electrons. The number of nitrogens with one attached hydrogen (secondary N) is 4. The van der Waals surface area contributed by atoms with E-state index in [2.05, 4.69) is 103 Å². The van der Waals surface area contributed by atoms with Crippen molar-refractivity contribution in [2.24, 2.45) is 5.92 Å². The molecule has 0 fully saturated rings. The fraction of sp³-hybridized carbons (Fsp3) is 0.0833. The lowest BCUT2D eigenvalue weighted by atomic mass is 9.94. The van der Waals surface area contributed by atoms with Gasteiger partial charge < -0.3 is 30.2 Å². The maximum Gasteiger partial charge on any atom is 0.499 e. The molecule has 2 aromatic carbocycles. The second-order valence-electron chi connectivity index (χ2n) is 8.65. The van der Waals surface area contributed by atoms with Gasteiger partial charge in [0.25, 0.3) is 0 Å². The van der Waals surface area contributed by atoms with Crippen molar-refractivity contribution in [3.05, 3.63) is 84.2 Å². The molecule has 4 bridgehead atoms. The van der Waals surface area contributed by atoms with Crippen LogP contribution in [0.15, 0.2) is 84.2 Å². The number of hydrogen-bond acceptors (Lipinski definition) is 4. The summed E-state index contributed by atoms with van der Waals surface area (Å²) in [7, 11) is 0. The minimum Gasteiger partial charge on any atom is -0.351 e. The molecule has 2 atom stereocenters. The van der Waals surface area contributed by atoms with Crippen LogP contribution < -0.4 is 21.3 Å². The van der Waals surface area contributed by atoms with Crippen LogP contribution in [0.2, 0.25) is 0 Å². The highest BCUT2D eigenvalue weighted by molar-refractivity contribution is 7.06. The molecule has 1 aliphatic carbocycles. The molecule has 2 unspecified atom stereocenters. The predicted octanol–water partition coefficient (Wildman–Crippen LogP) is 4.99. The van der Waals surface area contributed by atoms with Crippen molar-refractivity contribution in [1.82, 2.24) is 14.3 Å². The first-order valence-corrected chi connectivity index (χ1v) is 11.3. The van der Waals surface area contributed by atoms with Gasteiger partial charge >= 0.3 is 6.40 Å². The molecule has 0 spiro atoms. The fourth-order valence-corrected chi connectivity index (χ4v) is 6.04. The number of halogens is 1. The standard InChI is InChI=1S/C24H18BClN6/c26-25-31-21-15-9-3-5-11-17(15)23(31)30-24-18-12-6-4-10-16(18)22(32(24)25)29-20-14-8-2-1-7-13(14)19(27-20)28-21/h1-13,19,27-30H. The molecule has 8 heteroatoms. The Morgan fingerprint density at radius 1 is 0.719 bits per heavy atom. The predicted molar refractivity (Wildman–Crippen MR) is 133 cm³/mol. The second-order valence-corrected chi connectivity index (χ2v) is 9.04. The average Bonchev–Trinajstić information content (AvgIpc) is 3.45. The van der Waals surface area contributed by atoms with E-state index in [0.717, 1.165) is 50.6 Å². The zero-order valence-corrected chi connectivity index (χ0v) is 17.7. The summed E-state index contributed by atoms with van der Waals surface area (Å²) in [5.41, 5.74) is 1.24. The number of hydrogen-bond donors (Lipinski definition) is 4. The molecule has 4 aromatic rings. The van der Waals surface area contributed by atoms with Crippen LogP contribution in [0.3, 0.4) is 0 Å². The molecule has 0 saturated carbocycles. The molecular formula is C24H18BClN6. The van der Waals surface area contributed by atoms with Crippen molar-refractivity contribution < 1.29 is 0 Å². The van der Waals surface area contributed by atoms with Gasteiger partial charge in [0.1, 0.15) is 35.3 Å². The monoisotopic (exact) mass is 436 g/mol. The van der Waals surface area contributed by atoms with E-state index in [0.29, 0.717) is 0 Å². The zero-order chi connectivity index (χ0) is 21.0. The lowest BCUT2D eigenvalue weighted by Crippen LogP contribution is -2.42. The van der Waals surface area contributed by atoms with Crippen LogP contribution in [0, 0.1) is 5.92 Å². The summed E-state index contributed by atoms with van der Waals surface area (Å²) in [6.07, 6.45) is 8.24. The van der Waals surface area contributed by atoms with E-state index in [1.54, 1.807) is 0 Å². The second kappa shape index (κ2) is 5.75.